The van der Waals surface area contributed by atoms with Gasteiger partial charge in [0.1, 0.15) is 11.5 Å². The molecule has 1 aromatic rings. The number of thioether (sulfide) groups is 1. The molecule has 0 bridgehead atoms. The number of hydrogen-bond acceptors (Lipinski definition) is 4. The van der Waals surface area contributed by atoms with Gasteiger partial charge in [0.25, 0.3) is 0 Å². The van der Waals surface area contributed by atoms with Crippen LogP contribution in [0.3, 0.4) is 0 Å². The molecule has 1 saturated heterocycles. The number of methoxy groups -OCH3 is 2. The van der Waals surface area contributed by atoms with Crippen LogP contribution in [0.5, 0.6) is 11.5 Å². The Morgan fingerprint density at radius 3 is 2.56 bits per heavy atom. The molecular weight excluding hydrogens is 246 g/mol. The lowest BCUT2D eigenvalue weighted by Crippen LogP contribution is -2.24. The van der Waals surface area contributed by atoms with Crippen LogP contribution in [0.15, 0.2) is 17.0 Å². The molecule has 0 aliphatic carbocycles. The van der Waals surface area contributed by atoms with Gasteiger partial charge in [-0.25, -0.2) is 0 Å². The number of rotatable bonds is 5. The van der Waals surface area contributed by atoms with Crippen molar-refractivity contribution < 1.29 is 9.47 Å². The van der Waals surface area contributed by atoms with Crippen LogP contribution in [0.25, 0.3) is 0 Å². The molecule has 0 amide bonds. The molecule has 18 heavy (non-hydrogen) atoms. The molecule has 1 heterocycles. The Bertz CT molecular complexity index is 403. The molecule has 3 nitrogen and oxygen atoms in total. The summed E-state index contributed by atoms with van der Waals surface area (Å²) in [5, 5.41) is 3.54. The van der Waals surface area contributed by atoms with E-state index in [0.717, 1.165) is 24.5 Å². The fourth-order valence-corrected chi connectivity index (χ4v) is 3.32. The zero-order valence-corrected chi connectivity index (χ0v) is 12.1. The van der Waals surface area contributed by atoms with Gasteiger partial charge in [0, 0.05) is 11.6 Å². The summed E-state index contributed by atoms with van der Waals surface area (Å²) in [6.45, 7) is 1.13. The Kier molecular flexibility index (Phi) is 4.78. The number of benzene rings is 1. The monoisotopic (exact) mass is 267 g/mol. The van der Waals surface area contributed by atoms with Gasteiger partial charge in [0.15, 0.2) is 0 Å². The van der Waals surface area contributed by atoms with Gasteiger partial charge in [-0.2, -0.15) is 0 Å². The average molecular weight is 267 g/mol. The second kappa shape index (κ2) is 6.34. The fourth-order valence-electron chi connectivity index (χ4n) is 2.53. The summed E-state index contributed by atoms with van der Waals surface area (Å²) in [7, 11) is 3.45. The molecule has 100 valence electrons. The molecule has 0 spiro atoms. The van der Waals surface area contributed by atoms with E-state index in [1.807, 2.05) is 12.1 Å². The molecule has 1 unspecified atom stereocenters. The van der Waals surface area contributed by atoms with E-state index in [-0.39, 0.29) is 0 Å². The maximum absolute atomic E-state index is 5.50. The minimum Gasteiger partial charge on any atom is -0.496 e. The second-order valence-corrected chi connectivity index (χ2v) is 5.30. The third-order valence-corrected chi connectivity index (χ3v) is 4.29. The SMILES string of the molecule is COc1ccc(OC)c(SC)c1CC1CCCN1. The van der Waals surface area contributed by atoms with Crippen molar-refractivity contribution >= 4 is 11.8 Å². The van der Waals surface area contributed by atoms with Crippen molar-refractivity contribution in [1.82, 2.24) is 5.32 Å². The van der Waals surface area contributed by atoms with Gasteiger partial charge < -0.3 is 14.8 Å². The van der Waals surface area contributed by atoms with Crippen LogP contribution in [-0.2, 0) is 6.42 Å². The minimum atomic E-state index is 0.567. The highest BCUT2D eigenvalue weighted by Crippen LogP contribution is 2.38. The Hall–Kier alpha value is -0.870. The highest BCUT2D eigenvalue weighted by atomic mass is 32.2. The van der Waals surface area contributed by atoms with E-state index in [1.54, 1.807) is 26.0 Å². The van der Waals surface area contributed by atoms with E-state index >= 15 is 0 Å². The Morgan fingerprint density at radius 2 is 2.00 bits per heavy atom. The van der Waals surface area contributed by atoms with E-state index < -0.39 is 0 Å². The second-order valence-electron chi connectivity index (χ2n) is 4.48. The first-order valence-electron chi connectivity index (χ1n) is 6.31. The zero-order chi connectivity index (χ0) is 13.0. The molecule has 0 aromatic heterocycles. The van der Waals surface area contributed by atoms with Crippen LogP contribution in [0.1, 0.15) is 18.4 Å². The number of ether oxygens (including phenoxy) is 2. The molecule has 0 saturated carbocycles. The van der Waals surface area contributed by atoms with E-state index in [2.05, 4.69) is 11.6 Å². The van der Waals surface area contributed by atoms with Crippen LogP contribution < -0.4 is 14.8 Å². The van der Waals surface area contributed by atoms with Gasteiger partial charge >= 0.3 is 0 Å². The minimum absolute atomic E-state index is 0.567. The van der Waals surface area contributed by atoms with Crippen molar-refractivity contribution in [2.24, 2.45) is 0 Å². The first kappa shape index (κ1) is 13.6. The predicted octanol–water partition coefficient (Wildman–Crippen LogP) is 2.72. The lowest BCUT2D eigenvalue weighted by molar-refractivity contribution is 0.387. The highest BCUT2D eigenvalue weighted by molar-refractivity contribution is 7.98. The maximum atomic E-state index is 5.50. The first-order chi connectivity index (χ1) is 8.80. The van der Waals surface area contributed by atoms with Gasteiger partial charge in [-0.05, 0) is 44.2 Å². The molecule has 2 rings (SSSR count). The summed E-state index contributed by atoms with van der Waals surface area (Å²) >= 11 is 1.73. The molecule has 1 fully saturated rings. The zero-order valence-electron chi connectivity index (χ0n) is 11.3. The van der Waals surface area contributed by atoms with Crippen LogP contribution in [-0.4, -0.2) is 33.1 Å². The van der Waals surface area contributed by atoms with E-state index in [1.165, 1.54) is 23.3 Å². The molecule has 1 aromatic carbocycles. The van der Waals surface area contributed by atoms with Gasteiger partial charge in [0.05, 0.1) is 19.1 Å². The topological polar surface area (TPSA) is 30.5 Å². The molecule has 4 heteroatoms. The van der Waals surface area contributed by atoms with Crippen molar-refractivity contribution in [3.63, 3.8) is 0 Å². The van der Waals surface area contributed by atoms with Gasteiger partial charge in [-0.3, -0.25) is 0 Å². The van der Waals surface area contributed by atoms with Crippen molar-refractivity contribution in [3.8, 4) is 11.5 Å². The normalized spacial score (nSPS) is 18.9. The van der Waals surface area contributed by atoms with Crippen LogP contribution in [0.2, 0.25) is 0 Å². The smallest absolute Gasteiger partial charge is 0.132 e. The lowest BCUT2D eigenvalue weighted by Gasteiger charge is -2.18. The molecule has 1 N–H and O–H groups in total. The van der Waals surface area contributed by atoms with Gasteiger partial charge in [0.2, 0.25) is 0 Å². The lowest BCUT2D eigenvalue weighted by atomic mass is 10.0. The largest absolute Gasteiger partial charge is 0.496 e. The van der Waals surface area contributed by atoms with E-state index in [0.29, 0.717) is 6.04 Å². The first-order valence-corrected chi connectivity index (χ1v) is 7.53. The third-order valence-electron chi connectivity index (χ3n) is 3.44. The fraction of sp³-hybridized carbons (Fsp3) is 0.571. The van der Waals surface area contributed by atoms with Crippen molar-refractivity contribution in [2.45, 2.75) is 30.2 Å². The van der Waals surface area contributed by atoms with Crippen LogP contribution in [0.4, 0.5) is 0 Å². The van der Waals surface area contributed by atoms with Gasteiger partial charge in [-0.1, -0.05) is 0 Å². The maximum Gasteiger partial charge on any atom is 0.132 e. The van der Waals surface area contributed by atoms with E-state index in [9.17, 15) is 0 Å². The van der Waals surface area contributed by atoms with Crippen molar-refractivity contribution in [1.29, 1.82) is 0 Å². The highest BCUT2D eigenvalue weighted by Gasteiger charge is 2.20. The molecule has 1 aliphatic heterocycles. The van der Waals surface area contributed by atoms with Gasteiger partial charge in [-0.15, -0.1) is 11.8 Å². The Balaban J connectivity index is 2.33. The van der Waals surface area contributed by atoms with E-state index in [4.69, 9.17) is 9.47 Å². The molecule has 0 radical (unpaired) electrons. The summed E-state index contributed by atoms with van der Waals surface area (Å²) in [6, 6.07) is 4.55. The Morgan fingerprint density at radius 1 is 1.28 bits per heavy atom. The van der Waals surface area contributed by atoms with Crippen LogP contribution in [0, 0.1) is 0 Å². The predicted molar refractivity (Wildman–Crippen MR) is 76.1 cm³/mol. The molecule has 1 atom stereocenters. The quantitative estimate of drug-likeness (QED) is 0.831. The third kappa shape index (κ3) is 2.75. The molecule has 1 aliphatic rings. The number of hydrogen-bond donors (Lipinski definition) is 1. The average Bonchev–Trinajstić information content (AvgIpc) is 2.91. The summed E-state index contributed by atoms with van der Waals surface area (Å²) in [5.41, 5.74) is 1.27. The summed E-state index contributed by atoms with van der Waals surface area (Å²) < 4.78 is 10.9. The van der Waals surface area contributed by atoms with Crippen LogP contribution >= 0.6 is 11.8 Å². The summed E-state index contributed by atoms with van der Waals surface area (Å²) in [5.74, 6) is 1.91. The molecular formula is C14H21NO2S. The number of nitrogens with one attached hydrogen (secondary N) is 1. The summed E-state index contributed by atoms with van der Waals surface area (Å²) in [6.07, 6.45) is 5.61. The van der Waals surface area contributed by atoms with Crippen molar-refractivity contribution in [3.05, 3.63) is 17.7 Å². The summed E-state index contributed by atoms with van der Waals surface area (Å²) in [4.78, 5) is 1.20. The Labute approximate surface area is 113 Å². The standard InChI is InChI=1S/C14H21NO2S/c1-16-12-6-7-13(17-2)14(18-3)11(12)9-10-5-4-8-15-10/h6-7,10,15H,4-5,8-9H2,1-3H3. The van der Waals surface area contributed by atoms with Crippen molar-refractivity contribution in [2.75, 3.05) is 27.0 Å².